The third-order valence-corrected chi connectivity index (χ3v) is 2.41. The minimum absolute atomic E-state index is 0.0882. The number of hydrogen-bond donors (Lipinski definition) is 0. The summed E-state index contributed by atoms with van der Waals surface area (Å²) in [4.78, 5) is 7.50. The molecule has 0 fully saturated rings. The second-order valence-electron chi connectivity index (χ2n) is 3.39. The van der Waals surface area contributed by atoms with Gasteiger partial charge in [0.15, 0.2) is 17.5 Å². The van der Waals surface area contributed by atoms with Crippen LogP contribution in [0, 0.1) is 24.4 Å². The largest absolute Gasteiger partial charge is 0.226 e. The van der Waals surface area contributed by atoms with Crippen molar-refractivity contribution in [3.05, 3.63) is 46.6 Å². The molecule has 0 radical (unpaired) electrons. The molecule has 0 bridgehead atoms. The van der Waals surface area contributed by atoms with E-state index in [1.807, 2.05) is 0 Å². The molecule has 0 spiro atoms. The lowest BCUT2D eigenvalue weighted by Crippen LogP contribution is -1.98. The molecule has 0 N–H and O–H groups in total. The molecule has 0 amide bonds. The van der Waals surface area contributed by atoms with Crippen molar-refractivity contribution in [1.29, 1.82) is 0 Å². The average molecular weight is 259 g/mol. The number of nitrogens with zero attached hydrogens (tertiary/aromatic N) is 2. The lowest BCUT2D eigenvalue weighted by atomic mass is 10.1. The zero-order valence-corrected chi connectivity index (χ0v) is 9.39. The Morgan fingerprint density at radius 2 is 1.82 bits per heavy atom. The highest BCUT2D eigenvalue weighted by Gasteiger charge is 2.17. The van der Waals surface area contributed by atoms with Crippen LogP contribution in [0.15, 0.2) is 18.3 Å². The van der Waals surface area contributed by atoms with Gasteiger partial charge in [0, 0.05) is 11.8 Å². The van der Waals surface area contributed by atoms with Crippen molar-refractivity contribution >= 4 is 11.6 Å². The second kappa shape index (κ2) is 4.33. The van der Waals surface area contributed by atoms with Crippen LogP contribution in [0.2, 0.25) is 5.28 Å². The van der Waals surface area contributed by atoms with E-state index < -0.39 is 17.5 Å². The predicted octanol–water partition coefficient (Wildman–Crippen LogP) is 3.52. The van der Waals surface area contributed by atoms with Gasteiger partial charge in [-0.1, -0.05) is 0 Å². The summed E-state index contributed by atoms with van der Waals surface area (Å²) in [6, 6.07) is 1.95. The Balaban J connectivity index is 2.69. The van der Waals surface area contributed by atoms with Crippen LogP contribution in [-0.2, 0) is 0 Å². The van der Waals surface area contributed by atoms with E-state index in [0.29, 0.717) is 5.56 Å². The molecule has 2 nitrogen and oxygen atoms in total. The van der Waals surface area contributed by atoms with Gasteiger partial charge in [-0.05, 0) is 36.2 Å². The van der Waals surface area contributed by atoms with E-state index in [-0.39, 0.29) is 16.5 Å². The van der Waals surface area contributed by atoms with Gasteiger partial charge < -0.3 is 0 Å². The van der Waals surface area contributed by atoms with Crippen LogP contribution in [0.4, 0.5) is 13.2 Å². The van der Waals surface area contributed by atoms with Crippen LogP contribution in [0.3, 0.4) is 0 Å². The monoisotopic (exact) mass is 258 g/mol. The summed E-state index contributed by atoms with van der Waals surface area (Å²) in [6.45, 7) is 1.62. The topological polar surface area (TPSA) is 25.8 Å². The van der Waals surface area contributed by atoms with E-state index >= 15 is 0 Å². The van der Waals surface area contributed by atoms with Crippen molar-refractivity contribution in [2.24, 2.45) is 0 Å². The van der Waals surface area contributed by atoms with Gasteiger partial charge in [-0.15, -0.1) is 0 Å². The number of hydrogen-bond acceptors (Lipinski definition) is 2. The van der Waals surface area contributed by atoms with E-state index in [1.165, 1.54) is 6.20 Å². The maximum absolute atomic E-state index is 13.5. The van der Waals surface area contributed by atoms with Gasteiger partial charge in [0.2, 0.25) is 5.28 Å². The van der Waals surface area contributed by atoms with Crippen LogP contribution in [0.25, 0.3) is 11.3 Å². The number of rotatable bonds is 1. The molecule has 1 aromatic heterocycles. The standard InChI is InChI=1S/C11H6ClF3N2/c1-5-4-16-11(12)17-10(5)6-2-3-7(13)9(15)8(6)14/h2-4H,1H3. The van der Waals surface area contributed by atoms with Crippen molar-refractivity contribution in [1.82, 2.24) is 9.97 Å². The molecule has 17 heavy (non-hydrogen) atoms. The summed E-state index contributed by atoms with van der Waals surface area (Å²) in [5.74, 6) is -4.07. The first kappa shape index (κ1) is 11.9. The highest BCUT2D eigenvalue weighted by Crippen LogP contribution is 2.27. The molecule has 2 aromatic rings. The lowest BCUT2D eigenvalue weighted by Gasteiger charge is -2.07. The van der Waals surface area contributed by atoms with E-state index in [4.69, 9.17) is 11.6 Å². The molecule has 0 unspecified atom stereocenters. The Hall–Kier alpha value is -1.62. The van der Waals surface area contributed by atoms with Crippen LogP contribution < -0.4 is 0 Å². The van der Waals surface area contributed by atoms with E-state index in [1.54, 1.807) is 6.92 Å². The van der Waals surface area contributed by atoms with Crippen molar-refractivity contribution in [2.45, 2.75) is 6.92 Å². The molecule has 6 heteroatoms. The number of halogens is 4. The number of benzene rings is 1. The maximum atomic E-state index is 13.5. The molecule has 0 aliphatic heterocycles. The molecule has 0 saturated carbocycles. The zero-order chi connectivity index (χ0) is 12.6. The Morgan fingerprint density at radius 3 is 2.53 bits per heavy atom. The SMILES string of the molecule is Cc1cnc(Cl)nc1-c1ccc(F)c(F)c1F. The first-order chi connectivity index (χ1) is 8.00. The highest BCUT2D eigenvalue weighted by molar-refractivity contribution is 6.28. The molecule has 1 heterocycles. The zero-order valence-electron chi connectivity index (χ0n) is 8.64. The molecule has 2 rings (SSSR count). The van der Waals surface area contributed by atoms with Crippen LogP contribution in [-0.4, -0.2) is 9.97 Å². The summed E-state index contributed by atoms with van der Waals surface area (Å²) in [6.07, 6.45) is 1.38. The smallest absolute Gasteiger partial charge is 0.222 e. The van der Waals surface area contributed by atoms with Gasteiger partial charge >= 0.3 is 0 Å². The summed E-state index contributed by atoms with van der Waals surface area (Å²) >= 11 is 5.58. The molecular weight excluding hydrogens is 253 g/mol. The molecule has 0 saturated heterocycles. The quantitative estimate of drug-likeness (QED) is 0.578. The van der Waals surface area contributed by atoms with Gasteiger partial charge in [-0.3, -0.25) is 0 Å². The number of aryl methyl sites for hydroxylation is 1. The molecule has 88 valence electrons. The first-order valence-corrected chi connectivity index (χ1v) is 5.01. The summed E-state index contributed by atoms with van der Waals surface area (Å²) in [5.41, 5.74) is 0.506. The Labute approximate surface area is 100 Å². The third-order valence-electron chi connectivity index (χ3n) is 2.23. The normalized spacial score (nSPS) is 10.6. The van der Waals surface area contributed by atoms with E-state index in [9.17, 15) is 13.2 Å². The van der Waals surface area contributed by atoms with Crippen molar-refractivity contribution in [3.63, 3.8) is 0 Å². The van der Waals surface area contributed by atoms with Crippen molar-refractivity contribution < 1.29 is 13.2 Å². The lowest BCUT2D eigenvalue weighted by molar-refractivity contribution is 0.448. The molecule has 0 aliphatic rings. The van der Waals surface area contributed by atoms with Crippen LogP contribution in [0.5, 0.6) is 0 Å². The van der Waals surface area contributed by atoms with Gasteiger partial charge in [-0.2, -0.15) is 0 Å². The van der Waals surface area contributed by atoms with Gasteiger partial charge in [0.1, 0.15) is 0 Å². The fraction of sp³-hybridized carbons (Fsp3) is 0.0909. The first-order valence-electron chi connectivity index (χ1n) is 4.63. The minimum Gasteiger partial charge on any atom is -0.226 e. The third kappa shape index (κ3) is 2.10. The summed E-state index contributed by atoms with van der Waals surface area (Å²) < 4.78 is 39.4. The second-order valence-corrected chi connectivity index (χ2v) is 3.73. The molecule has 1 aromatic carbocycles. The minimum atomic E-state index is -1.53. The van der Waals surface area contributed by atoms with Gasteiger partial charge in [0.25, 0.3) is 0 Å². The molecule has 0 aliphatic carbocycles. The van der Waals surface area contributed by atoms with Gasteiger partial charge in [0.05, 0.1) is 5.69 Å². The van der Waals surface area contributed by atoms with Crippen molar-refractivity contribution in [3.8, 4) is 11.3 Å². The fourth-order valence-corrected chi connectivity index (χ4v) is 1.54. The fourth-order valence-electron chi connectivity index (χ4n) is 1.40. The highest BCUT2D eigenvalue weighted by atomic mass is 35.5. The predicted molar refractivity (Wildman–Crippen MR) is 57.1 cm³/mol. The van der Waals surface area contributed by atoms with Crippen LogP contribution >= 0.6 is 11.6 Å². The van der Waals surface area contributed by atoms with Crippen molar-refractivity contribution in [2.75, 3.05) is 0 Å². The van der Waals surface area contributed by atoms with E-state index in [0.717, 1.165) is 12.1 Å². The summed E-state index contributed by atoms with van der Waals surface area (Å²) in [7, 11) is 0. The Bertz CT molecular complexity index is 587. The summed E-state index contributed by atoms with van der Waals surface area (Å²) in [5, 5.41) is -0.0882. The Morgan fingerprint density at radius 1 is 1.12 bits per heavy atom. The molecule has 0 atom stereocenters. The maximum Gasteiger partial charge on any atom is 0.222 e. The van der Waals surface area contributed by atoms with E-state index in [2.05, 4.69) is 9.97 Å². The molecular formula is C11H6ClF3N2. The average Bonchev–Trinajstić information content (AvgIpc) is 2.30. The number of aromatic nitrogens is 2. The van der Waals surface area contributed by atoms with Gasteiger partial charge in [-0.25, -0.2) is 23.1 Å². The Kier molecular flexibility index (Phi) is 3.02. The van der Waals surface area contributed by atoms with Crippen LogP contribution in [0.1, 0.15) is 5.56 Å².